The van der Waals surface area contributed by atoms with Crippen LogP contribution in [0.15, 0.2) is 59.2 Å². The summed E-state index contributed by atoms with van der Waals surface area (Å²) in [6, 6.07) is 14.9. The SMILES string of the molecule is C/C1=C(\C=C2CCC2)CCCCCCC2(CCCCCCC(C)C)c3cc(C)ccc3-c3ccc(cc32)C1. The summed E-state index contributed by atoms with van der Waals surface area (Å²) < 4.78 is 0. The standard InChI is InChI=1S/C38H52/c1-28(2)14-9-5-7-11-22-38-23-12-8-6-10-17-33(26-31-15-13-16-31)30(4)25-32-19-21-35(37(38)27-32)34-20-18-29(3)24-36(34)38/h18-21,24,26-28H,5-17,22-23,25H2,1-4H3/b33-30+. The number of allylic oxidation sites excluding steroid dienone is 4. The lowest BCUT2D eigenvalue weighted by Gasteiger charge is -2.33. The minimum Gasteiger partial charge on any atom is -0.0699 e. The van der Waals surface area contributed by atoms with Crippen molar-refractivity contribution >= 4 is 0 Å². The van der Waals surface area contributed by atoms with Crippen LogP contribution in [0.4, 0.5) is 0 Å². The quantitative estimate of drug-likeness (QED) is 0.311. The first-order valence-electron chi connectivity index (χ1n) is 16.1. The van der Waals surface area contributed by atoms with Crippen molar-refractivity contribution in [2.45, 2.75) is 136 Å². The van der Waals surface area contributed by atoms with Crippen LogP contribution in [-0.2, 0) is 11.8 Å². The minimum atomic E-state index is 0.202. The summed E-state index contributed by atoms with van der Waals surface area (Å²) in [5.74, 6) is 0.835. The maximum absolute atomic E-state index is 2.65. The Hall–Kier alpha value is -2.08. The zero-order chi connectivity index (χ0) is 26.5. The predicted octanol–water partition coefficient (Wildman–Crippen LogP) is 11.6. The van der Waals surface area contributed by atoms with E-state index in [1.807, 2.05) is 0 Å². The van der Waals surface area contributed by atoms with Crippen molar-refractivity contribution in [1.82, 2.24) is 0 Å². The van der Waals surface area contributed by atoms with Gasteiger partial charge in [-0.1, -0.05) is 124 Å². The topological polar surface area (TPSA) is 0 Å². The van der Waals surface area contributed by atoms with E-state index in [2.05, 4.69) is 70.2 Å². The van der Waals surface area contributed by atoms with Crippen LogP contribution in [0.25, 0.3) is 11.1 Å². The maximum Gasteiger partial charge on any atom is 0.0215 e. The second-order valence-electron chi connectivity index (χ2n) is 13.4. The van der Waals surface area contributed by atoms with Crippen molar-refractivity contribution in [3.63, 3.8) is 0 Å². The summed E-state index contributed by atoms with van der Waals surface area (Å²) in [6.07, 6.45) is 24.0. The Morgan fingerprint density at radius 1 is 0.763 bits per heavy atom. The van der Waals surface area contributed by atoms with Crippen molar-refractivity contribution in [3.8, 4) is 11.1 Å². The highest BCUT2D eigenvalue weighted by molar-refractivity contribution is 5.81. The van der Waals surface area contributed by atoms with Crippen LogP contribution in [-0.4, -0.2) is 0 Å². The molecule has 0 spiro atoms. The molecule has 0 amide bonds. The number of hydrogen-bond donors (Lipinski definition) is 0. The lowest BCUT2D eigenvalue weighted by atomic mass is 9.70. The molecule has 38 heavy (non-hydrogen) atoms. The Bertz CT molecular complexity index is 1170. The van der Waals surface area contributed by atoms with Gasteiger partial charge in [0.1, 0.15) is 0 Å². The average Bonchev–Trinajstić information content (AvgIpc) is 3.12. The smallest absolute Gasteiger partial charge is 0.0215 e. The zero-order valence-electron chi connectivity index (χ0n) is 24.9. The number of benzene rings is 2. The first-order chi connectivity index (χ1) is 18.5. The van der Waals surface area contributed by atoms with Gasteiger partial charge >= 0.3 is 0 Å². The highest BCUT2D eigenvalue weighted by atomic mass is 14.4. The molecule has 2 aromatic rings. The molecule has 5 rings (SSSR count). The molecular formula is C38H52. The molecule has 204 valence electrons. The number of hydrogen-bond acceptors (Lipinski definition) is 0. The summed E-state index contributed by atoms with van der Waals surface area (Å²) in [6.45, 7) is 9.44. The van der Waals surface area contributed by atoms with Crippen LogP contribution in [0.1, 0.15) is 139 Å². The maximum atomic E-state index is 2.65. The van der Waals surface area contributed by atoms with Gasteiger partial charge in [0.15, 0.2) is 0 Å². The Morgan fingerprint density at radius 3 is 2.26 bits per heavy atom. The molecule has 0 radical (unpaired) electrons. The predicted molar refractivity (Wildman–Crippen MR) is 166 cm³/mol. The fourth-order valence-electron chi connectivity index (χ4n) is 7.46. The highest BCUT2D eigenvalue weighted by Gasteiger charge is 2.42. The molecule has 2 bridgehead atoms. The Labute approximate surface area is 234 Å². The van der Waals surface area contributed by atoms with Gasteiger partial charge in [0.05, 0.1) is 0 Å². The van der Waals surface area contributed by atoms with E-state index in [0.29, 0.717) is 0 Å². The molecule has 1 fully saturated rings. The third-order valence-electron chi connectivity index (χ3n) is 9.91. The van der Waals surface area contributed by atoms with Crippen LogP contribution >= 0.6 is 0 Å². The monoisotopic (exact) mass is 508 g/mol. The number of fused-ring (bicyclic) bond motifs is 4. The van der Waals surface area contributed by atoms with E-state index in [1.165, 1.54) is 119 Å². The average molecular weight is 509 g/mol. The molecule has 1 atom stereocenters. The molecule has 1 saturated carbocycles. The summed E-state index contributed by atoms with van der Waals surface area (Å²) in [5, 5.41) is 0. The van der Waals surface area contributed by atoms with E-state index in [4.69, 9.17) is 0 Å². The van der Waals surface area contributed by atoms with Crippen LogP contribution in [0.2, 0.25) is 0 Å². The van der Waals surface area contributed by atoms with Crippen molar-refractivity contribution in [2.24, 2.45) is 5.92 Å². The first-order valence-corrected chi connectivity index (χ1v) is 16.1. The third-order valence-corrected chi connectivity index (χ3v) is 9.91. The Morgan fingerprint density at radius 2 is 1.50 bits per heavy atom. The Kier molecular flexibility index (Phi) is 8.97. The van der Waals surface area contributed by atoms with E-state index < -0.39 is 0 Å². The third kappa shape index (κ3) is 6.05. The molecule has 2 aromatic carbocycles. The summed E-state index contributed by atoms with van der Waals surface area (Å²) >= 11 is 0. The molecule has 0 N–H and O–H groups in total. The van der Waals surface area contributed by atoms with Gasteiger partial charge in [0.25, 0.3) is 0 Å². The van der Waals surface area contributed by atoms with Crippen LogP contribution in [0.3, 0.4) is 0 Å². The second kappa shape index (κ2) is 12.4. The number of unbranched alkanes of at least 4 members (excludes halogenated alkanes) is 3. The summed E-state index contributed by atoms with van der Waals surface area (Å²) in [5.41, 5.74) is 14.4. The number of rotatable bonds is 8. The largest absolute Gasteiger partial charge is 0.0699 e. The molecule has 0 heteroatoms. The van der Waals surface area contributed by atoms with Gasteiger partial charge in [0.2, 0.25) is 0 Å². The first kappa shape index (κ1) is 27.5. The van der Waals surface area contributed by atoms with Gasteiger partial charge < -0.3 is 0 Å². The molecule has 0 aromatic heterocycles. The van der Waals surface area contributed by atoms with Crippen molar-refractivity contribution in [3.05, 3.63) is 81.4 Å². The van der Waals surface area contributed by atoms with Crippen LogP contribution in [0, 0.1) is 12.8 Å². The molecule has 3 aliphatic rings. The van der Waals surface area contributed by atoms with Crippen LogP contribution < -0.4 is 0 Å². The van der Waals surface area contributed by atoms with E-state index >= 15 is 0 Å². The van der Waals surface area contributed by atoms with E-state index in [9.17, 15) is 0 Å². The number of aryl methyl sites for hydroxylation is 1. The van der Waals surface area contributed by atoms with Gasteiger partial charge in [-0.2, -0.15) is 0 Å². The van der Waals surface area contributed by atoms with Gasteiger partial charge in [-0.05, 0) is 105 Å². The zero-order valence-corrected chi connectivity index (χ0v) is 24.9. The lowest BCUT2D eigenvalue weighted by molar-refractivity contribution is 0.396. The molecule has 1 unspecified atom stereocenters. The van der Waals surface area contributed by atoms with Crippen molar-refractivity contribution in [1.29, 1.82) is 0 Å². The van der Waals surface area contributed by atoms with E-state index in [-0.39, 0.29) is 5.41 Å². The normalized spacial score (nSPS) is 23.3. The minimum absolute atomic E-state index is 0.202. The fraction of sp³-hybridized carbons (Fsp3) is 0.579. The van der Waals surface area contributed by atoms with Crippen molar-refractivity contribution < 1.29 is 0 Å². The highest BCUT2D eigenvalue weighted by Crippen LogP contribution is 2.55. The van der Waals surface area contributed by atoms with Gasteiger partial charge in [-0.15, -0.1) is 0 Å². The molecule has 0 nitrogen and oxygen atoms in total. The van der Waals surface area contributed by atoms with Crippen LogP contribution in [0.5, 0.6) is 0 Å². The lowest BCUT2D eigenvalue weighted by Crippen LogP contribution is -2.26. The summed E-state index contributed by atoms with van der Waals surface area (Å²) in [4.78, 5) is 0. The van der Waals surface area contributed by atoms with Gasteiger partial charge in [-0.3, -0.25) is 0 Å². The van der Waals surface area contributed by atoms with Gasteiger partial charge in [0, 0.05) is 5.41 Å². The van der Waals surface area contributed by atoms with Crippen molar-refractivity contribution in [2.75, 3.05) is 0 Å². The van der Waals surface area contributed by atoms with Gasteiger partial charge in [-0.25, -0.2) is 0 Å². The fourth-order valence-corrected chi connectivity index (χ4v) is 7.46. The molecule has 0 saturated heterocycles. The molecular weight excluding hydrogens is 456 g/mol. The van der Waals surface area contributed by atoms with E-state index in [1.54, 1.807) is 27.8 Å². The second-order valence-corrected chi connectivity index (χ2v) is 13.4. The molecule has 0 heterocycles. The van der Waals surface area contributed by atoms with E-state index in [0.717, 1.165) is 12.3 Å². The molecule has 0 aliphatic heterocycles. The molecule has 3 aliphatic carbocycles. The summed E-state index contributed by atoms with van der Waals surface area (Å²) in [7, 11) is 0. The Balaban J connectivity index is 1.49.